The number of amides is 2. The molecule has 0 atom stereocenters. The van der Waals surface area contributed by atoms with E-state index in [4.69, 9.17) is 9.15 Å². The topological polar surface area (TPSA) is 84.7 Å². The van der Waals surface area contributed by atoms with Crippen LogP contribution in [0.15, 0.2) is 53.1 Å². The SMILES string of the molecule is O=C(Nc1c(C(=O)N2CCOCC2)oc2ccccc12)c1ccccn1. The zero-order chi connectivity index (χ0) is 17.9. The Morgan fingerprint density at radius 3 is 2.58 bits per heavy atom. The van der Waals surface area contributed by atoms with Crippen molar-refractivity contribution < 1.29 is 18.7 Å². The van der Waals surface area contributed by atoms with Gasteiger partial charge in [-0.2, -0.15) is 0 Å². The molecular formula is C19H17N3O4. The van der Waals surface area contributed by atoms with Crippen LogP contribution in [0.3, 0.4) is 0 Å². The van der Waals surface area contributed by atoms with Gasteiger partial charge in [0.05, 0.1) is 13.2 Å². The monoisotopic (exact) mass is 351 g/mol. The fraction of sp³-hybridized carbons (Fsp3) is 0.211. The second-order valence-electron chi connectivity index (χ2n) is 5.88. The maximum absolute atomic E-state index is 12.9. The Bertz CT molecular complexity index is 946. The maximum atomic E-state index is 12.9. The minimum atomic E-state index is -0.395. The highest BCUT2D eigenvalue weighted by atomic mass is 16.5. The summed E-state index contributed by atoms with van der Waals surface area (Å²) in [6, 6.07) is 12.3. The lowest BCUT2D eigenvalue weighted by Crippen LogP contribution is -2.40. The first-order valence-corrected chi connectivity index (χ1v) is 8.35. The second-order valence-corrected chi connectivity index (χ2v) is 5.88. The molecule has 1 fully saturated rings. The molecule has 0 bridgehead atoms. The Kier molecular flexibility index (Phi) is 4.37. The number of pyridine rings is 1. The van der Waals surface area contributed by atoms with E-state index in [0.717, 1.165) is 0 Å². The summed E-state index contributed by atoms with van der Waals surface area (Å²) >= 11 is 0. The first-order valence-electron chi connectivity index (χ1n) is 8.35. The lowest BCUT2D eigenvalue weighted by molar-refractivity contribution is 0.0285. The van der Waals surface area contributed by atoms with Crippen LogP contribution in [0.2, 0.25) is 0 Å². The van der Waals surface area contributed by atoms with Crippen molar-refractivity contribution in [3.63, 3.8) is 0 Å². The number of aromatic nitrogens is 1. The molecule has 7 nitrogen and oxygen atoms in total. The molecule has 2 amide bonds. The third kappa shape index (κ3) is 3.04. The molecule has 26 heavy (non-hydrogen) atoms. The van der Waals surface area contributed by atoms with Crippen molar-refractivity contribution in [2.24, 2.45) is 0 Å². The summed E-state index contributed by atoms with van der Waals surface area (Å²) in [5.41, 5.74) is 1.18. The van der Waals surface area contributed by atoms with Gasteiger partial charge in [0.1, 0.15) is 17.0 Å². The average Bonchev–Trinajstić information content (AvgIpc) is 3.07. The van der Waals surface area contributed by atoms with Crippen molar-refractivity contribution in [3.05, 3.63) is 60.1 Å². The second kappa shape index (κ2) is 6.97. The van der Waals surface area contributed by atoms with Crippen molar-refractivity contribution in [3.8, 4) is 0 Å². The van der Waals surface area contributed by atoms with Gasteiger partial charge in [-0.15, -0.1) is 0 Å². The van der Waals surface area contributed by atoms with Gasteiger partial charge in [0.25, 0.3) is 11.8 Å². The number of hydrogen-bond donors (Lipinski definition) is 1. The predicted molar refractivity (Wildman–Crippen MR) is 95.1 cm³/mol. The Morgan fingerprint density at radius 2 is 1.81 bits per heavy atom. The van der Waals surface area contributed by atoms with Crippen LogP contribution in [0.4, 0.5) is 5.69 Å². The zero-order valence-corrected chi connectivity index (χ0v) is 14.0. The molecule has 0 spiro atoms. The first-order chi connectivity index (χ1) is 12.7. The van der Waals surface area contributed by atoms with Crippen LogP contribution < -0.4 is 5.32 Å². The lowest BCUT2D eigenvalue weighted by atomic mass is 10.2. The van der Waals surface area contributed by atoms with Crippen LogP contribution in [0.25, 0.3) is 11.0 Å². The third-order valence-corrected chi connectivity index (χ3v) is 4.22. The van der Waals surface area contributed by atoms with Crippen molar-refractivity contribution in [1.82, 2.24) is 9.88 Å². The van der Waals surface area contributed by atoms with E-state index in [0.29, 0.717) is 43.0 Å². The van der Waals surface area contributed by atoms with E-state index >= 15 is 0 Å². The highest BCUT2D eigenvalue weighted by Gasteiger charge is 2.27. The summed E-state index contributed by atoms with van der Waals surface area (Å²) in [5, 5.41) is 3.47. The number of fused-ring (bicyclic) bond motifs is 1. The van der Waals surface area contributed by atoms with Gasteiger partial charge in [-0.25, -0.2) is 0 Å². The third-order valence-electron chi connectivity index (χ3n) is 4.22. The average molecular weight is 351 g/mol. The van der Waals surface area contributed by atoms with Crippen molar-refractivity contribution in [1.29, 1.82) is 0 Å². The van der Waals surface area contributed by atoms with Gasteiger partial charge in [0, 0.05) is 24.7 Å². The zero-order valence-electron chi connectivity index (χ0n) is 14.0. The summed E-state index contributed by atoms with van der Waals surface area (Å²) in [7, 11) is 0. The van der Waals surface area contributed by atoms with Gasteiger partial charge in [0.15, 0.2) is 0 Å². The smallest absolute Gasteiger partial charge is 0.291 e. The number of ether oxygens (including phenoxy) is 1. The number of hydrogen-bond acceptors (Lipinski definition) is 5. The van der Waals surface area contributed by atoms with Crippen molar-refractivity contribution >= 4 is 28.5 Å². The minimum absolute atomic E-state index is 0.123. The van der Waals surface area contributed by atoms with Crippen LogP contribution in [0, 0.1) is 0 Å². The van der Waals surface area contributed by atoms with Gasteiger partial charge in [-0.1, -0.05) is 18.2 Å². The van der Waals surface area contributed by atoms with E-state index in [1.165, 1.54) is 0 Å². The van der Waals surface area contributed by atoms with Crippen LogP contribution >= 0.6 is 0 Å². The summed E-state index contributed by atoms with van der Waals surface area (Å²) in [4.78, 5) is 31.2. The molecule has 1 saturated heterocycles. The van der Waals surface area contributed by atoms with Gasteiger partial charge in [-0.3, -0.25) is 14.6 Å². The fourth-order valence-corrected chi connectivity index (χ4v) is 2.90. The predicted octanol–water partition coefficient (Wildman–Crippen LogP) is 2.55. The number of morpholine rings is 1. The van der Waals surface area contributed by atoms with Gasteiger partial charge in [-0.05, 0) is 24.3 Å². The summed E-state index contributed by atoms with van der Waals surface area (Å²) in [6.07, 6.45) is 1.54. The Labute approximate surface area is 149 Å². The lowest BCUT2D eigenvalue weighted by Gasteiger charge is -2.26. The number of furan rings is 1. The summed E-state index contributed by atoms with van der Waals surface area (Å²) in [6.45, 7) is 1.95. The summed E-state index contributed by atoms with van der Waals surface area (Å²) in [5.74, 6) is -0.536. The number of carbonyl (C=O) groups is 2. The molecule has 1 aliphatic rings. The number of carbonyl (C=O) groups excluding carboxylic acids is 2. The van der Waals surface area contributed by atoms with E-state index in [2.05, 4.69) is 10.3 Å². The maximum Gasteiger partial charge on any atom is 0.291 e. The van der Waals surface area contributed by atoms with Gasteiger partial charge in [0.2, 0.25) is 5.76 Å². The standard InChI is InChI=1S/C19H17N3O4/c23-18(14-6-3-4-8-20-14)21-16-13-5-1-2-7-15(13)26-17(16)19(24)22-9-11-25-12-10-22/h1-8H,9-12H2,(H,21,23). The Balaban J connectivity index is 1.72. The van der Waals surface area contributed by atoms with Crippen molar-refractivity contribution in [2.45, 2.75) is 0 Å². The number of benzene rings is 1. The van der Waals surface area contributed by atoms with Crippen LogP contribution in [-0.4, -0.2) is 48.0 Å². The first kappa shape index (κ1) is 16.3. The number of para-hydroxylation sites is 1. The van der Waals surface area contributed by atoms with Crippen molar-refractivity contribution in [2.75, 3.05) is 31.6 Å². The van der Waals surface area contributed by atoms with E-state index in [9.17, 15) is 9.59 Å². The Morgan fingerprint density at radius 1 is 1.04 bits per heavy atom. The fourth-order valence-electron chi connectivity index (χ4n) is 2.90. The highest BCUT2D eigenvalue weighted by Crippen LogP contribution is 2.32. The minimum Gasteiger partial charge on any atom is -0.449 e. The quantitative estimate of drug-likeness (QED) is 0.784. The molecule has 3 heterocycles. The van der Waals surface area contributed by atoms with E-state index in [1.807, 2.05) is 18.2 Å². The molecule has 2 aromatic heterocycles. The molecule has 0 unspecified atom stereocenters. The number of anilines is 1. The molecule has 0 radical (unpaired) electrons. The number of nitrogens with one attached hydrogen (secondary N) is 1. The normalized spacial score (nSPS) is 14.4. The molecule has 0 saturated carbocycles. The van der Waals surface area contributed by atoms with E-state index in [-0.39, 0.29) is 17.4 Å². The number of nitrogens with zero attached hydrogens (tertiary/aromatic N) is 2. The molecule has 1 N–H and O–H groups in total. The highest BCUT2D eigenvalue weighted by molar-refractivity contribution is 6.13. The van der Waals surface area contributed by atoms with Crippen LogP contribution in [-0.2, 0) is 4.74 Å². The van der Waals surface area contributed by atoms with Gasteiger partial charge >= 0.3 is 0 Å². The van der Waals surface area contributed by atoms with Crippen LogP contribution in [0.1, 0.15) is 21.0 Å². The number of rotatable bonds is 3. The molecule has 3 aromatic rings. The molecule has 1 aliphatic heterocycles. The van der Waals surface area contributed by atoms with Crippen LogP contribution in [0.5, 0.6) is 0 Å². The molecule has 1 aromatic carbocycles. The molecule has 132 valence electrons. The molecular weight excluding hydrogens is 334 g/mol. The van der Waals surface area contributed by atoms with Gasteiger partial charge < -0.3 is 19.4 Å². The largest absolute Gasteiger partial charge is 0.449 e. The Hall–Kier alpha value is -3.19. The van der Waals surface area contributed by atoms with E-state index in [1.54, 1.807) is 35.4 Å². The summed E-state index contributed by atoms with van der Waals surface area (Å²) < 4.78 is 11.1. The van der Waals surface area contributed by atoms with E-state index < -0.39 is 5.91 Å². The molecule has 7 heteroatoms. The molecule has 0 aliphatic carbocycles. The molecule has 4 rings (SSSR count).